The second kappa shape index (κ2) is 5.80. The van der Waals surface area contributed by atoms with E-state index in [0.29, 0.717) is 5.56 Å². The van der Waals surface area contributed by atoms with Gasteiger partial charge in [-0.25, -0.2) is 14.8 Å². The lowest BCUT2D eigenvalue weighted by Gasteiger charge is -2.12. The molecule has 2 aromatic rings. The van der Waals surface area contributed by atoms with E-state index in [-0.39, 0.29) is 12.4 Å². The molecule has 0 atom stereocenters. The zero-order chi connectivity index (χ0) is 15.6. The highest BCUT2D eigenvalue weighted by molar-refractivity contribution is 7.08. The van der Waals surface area contributed by atoms with Crippen LogP contribution in [-0.2, 0) is 10.9 Å². The van der Waals surface area contributed by atoms with Crippen LogP contribution in [0.4, 0.5) is 13.2 Å². The molecule has 112 valence electrons. The number of rotatable bonds is 3. The van der Waals surface area contributed by atoms with Crippen molar-refractivity contribution in [2.45, 2.75) is 20.0 Å². The normalized spacial score (nSPS) is 11.5. The fraction of sp³-hybridized carbons (Fsp3) is 0.308. The molecule has 4 nitrogen and oxygen atoms in total. The first-order valence-electron chi connectivity index (χ1n) is 5.99. The van der Waals surface area contributed by atoms with E-state index >= 15 is 0 Å². The van der Waals surface area contributed by atoms with Crippen LogP contribution < -0.4 is 0 Å². The topological polar surface area (TPSA) is 52.1 Å². The molecular formula is C13H11F3N2O2S. The molecule has 0 spiro atoms. The molecule has 0 aliphatic heterocycles. The Morgan fingerprint density at radius 3 is 2.62 bits per heavy atom. The average molecular weight is 316 g/mol. The van der Waals surface area contributed by atoms with Crippen molar-refractivity contribution < 1.29 is 22.7 Å². The Morgan fingerprint density at radius 2 is 2.10 bits per heavy atom. The maximum Gasteiger partial charge on any atom is 0.434 e. The van der Waals surface area contributed by atoms with Crippen molar-refractivity contribution in [2.24, 2.45) is 0 Å². The monoisotopic (exact) mass is 316 g/mol. The third kappa shape index (κ3) is 3.21. The highest BCUT2D eigenvalue weighted by Crippen LogP contribution is 2.33. The quantitative estimate of drug-likeness (QED) is 0.810. The van der Waals surface area contributed by atoms with Crippen molar-refractivity contribution in [1.82, 2.24) is 9.97 Å². The van der Waals surface area contributed by atoms with E-state index in [1.807, 2.05) is 0 Å². The van der Waals surface area contributed by atoms with E-state index in [1.54, 1.807) is 17.7 Å². The fourth-order valence-electron chi connectivity index (χ4n) is 1.68. The van der Waals surface area contributed by atoms with Gasteiger partial charge in [0.05, 0.1) is 6.61 Å². The number of carbonyl (C=O) groups excluding carboxylic acids is 1. The van der Waals surface area contributed by atoms with Gasteiger partial charge in [0.1, 0.15) is 5.56 Å². The Balaban J connectivity index is 2.55. The van der Waals surface area contributed by atoms with Crippen molar-refractivity contribution in [3.63, 3.8) is 0 Å². The predicted molar refractivity (Wildman–Crippen MR) is 71.0 cm³/mol. The highest BCUT2D eigenvalue weighted by Gasteiger charge is 2.38. The van der Waals surface area contributed by atoms with Crippen LogP contribution >= 0.6 is 11.3 Å². The minimum absolute atomic E-state index is 0.0263. The number of nitrogens with zero attached hydrogens (tertiary/aromatic N) is 2. The molecule has 2 rings (SSSR count). The van der Waals surface area contributed by atoms with Crippen LogP contribution in [-0.4, -0.2) is 22.5 Å². The zero-order valence-corrected chi connectivity index (χ0v) is 12.0. The lowest BCUT2D eigenvalue weighted by molar-refractivity contribution is -0.141. The van der Waals surface area contributed by atoms with Gasteiger partial charge < -0.3 is 4.74 Å². The molecule has 0 unspecified atom stereocenters. The Morgan fingerprint density at radius 1 is 1.38 bits per heavy atom. The summed E-state index contributed by atoms with van der Waals surface area (Å²) in [7, 11) is 0. The number of hydrogen-bond acceptors (Lipinski definition) is 5. The SMILES string of the molecule is CCOC(=O)c1cnc(-c2cscc2C)nc1C(F)(F)F. The summed E-state index contributed by atoms with van der Waals surface area (Å²) in [5, 5.41) is 3.44. The number of ether oxygens (including phenoxy) is 1. The Hall–Kier alpha value is -1.96. The first kappa shape index (κ1) is 15.4. The van der Waals surface area contributed by atoms with Crippen LogP contribution in [0, 0.1) is 6.92 Å². The maximum atomic E-state index is 13.1. The van der Waals surface area contributed by atoms with E-state index in [0.717, 1.165) is 11.8 Å². The van der Waals surface area contributed by atoms with Crippen molar-refractivity contribution in [2.75, 3.05) is 6.61 Å². The first-order valence-corrected chi connectivity index (χ1v) is 6.93. The second-order valence-electron chi connectivity index (χ2n) is 4.14. The molecular weight excluding hydrogens is 305 g/mol. The lowest BCUT2D eigenvalue weighted by Crippen LogP contribution is -2.18. The fourth-order valence-corrected chi connectivity index (χ4v) is 2.50. The van der Waals surface area contributed by atoms with Gasteiger partial charge in [-0.2, -0.15) is 24.5 Å². The summed E-state index contributed by atoms with van der Waals surface area (Å²) >= 11 is 1.34. The van der Waals surface area contributed by atoms with Crippen LogP contribution in [0.25, 0.3) is 11.4 Å². The predicted octanol–water partition coefficient (Wildman–Crippen LogP) is 3.71. The molecule has 0 aliphatic rings. The standard InChI is InChI=1S/C13H11F3N2O2S/c1-3-20-12(19)8-4-17-11(9-6-21-5-7(9)2)18-10(8)13(14,15)16/h4-6H,3H2,1-2H3. The molecule has 0 saturated heterocycles. The van der Waals surface area contributed by atoms with Gasteiger partial charge in [0.25, 0.3) is 0 Å². The summed E-state index contributed by atoms with van der Waals surface area (Å²) in [5.74, 6) is -1.15. The molecule has 0 fully saturated rings. The summed E-state index contributed by atoms with van der Waals surface area (Å²) in [6.45, 7) is 3.23. The van der Waals surface area contributed by atoms with Crippen LogP contribution in [0.3, 0.4) is 0 Å². The lowest BCUT2D eigenvalue weighted by atomic mass is 10.1. The summed E-state index contributed by atoms with van der Waals surface area (Å²) in [5.41, 5.74) is -0.671. The number of alkyl halides is 3. The molecule has 2 aromatic heterocycles. The minimum Gasteiger partial charge on any atom is -0.462 e. The van der Waals surface area contributed by atoms with Gasteiger partial charge in [0.15, 0.2) is 11.5 Å². The van der Waals surface area contributed by atoms with Gasteiger partial charge in [0.2, 0.25) is 0 Å². The van der Waals surface area contributed by atoms with Crippen LogP contribution in [0.1, 0.15) is 28.5 Å². The summed E-state index contributed by atoms with van der Waals surface area (Å²) < 4.78 is 43.8. The van der Waals surface area contributed by atoms with E-state index in [2.05, 4.69) is 14.7 Å². The number of carbonyl (C=O) groups is 1. The molecule has 2 heterocycles. The smallest absolute Gasteiger partial charge is 0.434 e. The zero-order valence-electron chi connectivity index (χ0n) is 11.2. The van der Waals surface area contributed by atoms with E-state index < -0.39 is 23.4 Å². The van der Waals surface area contributed by atoms with E-state index in [4.69, 9.17) is 0 Å². The third-order valence-electron chi connectivity index (χ3n) is 2.65. The summed E-state index contributed by atoms with van der Waals surface area (Å²) in [4.78, 5) is 19.0. The van der Waals surface area contributed by atoms with Gasteiger partial charge in [0, 0.05) is 17.1 Å². The Kier molecular flexibility index (Phi) is 4.26. The van der Waals surface area contributed by atoms with Gasteiger partial charge in [-0.15, -0.1) is 0 Å². The third-order valence-corrected chi connectivity index (χ3v) is 3.51. The molecule has 21 heavy (non-hydrogen) atoms. The first-order chi connectivity index (χ1) is 9.84. The number of hydrogen-bond donors (Lipinski definition) is 0. The number of thiophene rings is 1. The number of aryl methyl sites for hydroxylation is 1. The molecule has 0 N–H and O–H groups in total. The van der Waals surface area contributed by atoms with Crippen molar-refractivity contribution in [1.29, 1.82) is 0 Å². The van der Waals surface area contributed by atoms with Crippen molar-refractivity contribution >= 4 is 17.3 Å². The Bertz CT molecular complexity index is 668. The van der Waals surface area contributed by atoms with E-state index in [1.165, 1.54) is 18.3 Å². The molecule has 0 aromatic carbocycles. The minimum atomic E-state index is -4.76. The summed E-state index contributed by atoms with van der Waals surface area (Å²) in [6.07, 6.45) is -3.90. The molecule has 0 amide bonds. The molecule has 0 bridgehead atoms. The van der Waals surface area contributed by atoms with Crippen LogP contribution in [0.2, 0.25) is 0 Å². The second-order valence-corrected chi connectivity index (χ2v) is 4.89. The molecule has 0 saturated carbocycles. The van der Waals surface area contributed by atoms with Gasteiger partial charge in [-0.05, 0) is 24.8 Å². The maximum absolute atomic E-state index is 13.1. The van der Waals surface area contributed by atoms with Gasteiger partial charge in [-0.3, -0.25) is 0 Å². The van der Waals surface area contributed by atoms with Gasteiger partial charge in [-0.1, -0.05) is 0 Å². The molecule has 0 radical (unpaired) electrons. The average Bonchev–Trinajstić information content (AvgIpc) is 2.83. The number of aromatic nitrogens is 2. The number of esters is 1. The van der Waals surface area contributed by atoms with Gasteiger partial charge >= 0.3 is 12.1 Å². The van der Waals surface area contributed by atoms with Crippen LogP contribution in [0.5, 0.6) is 0 Å². The molecule has 0 aliphatic carbocycles. The van der Waals surface area contributed by atoms with Crippen molar-refractivity contribution in [3.05, 3.63) is 33.8 Å². The largest absolute Gasteiger partial charge is 0.462 e. The Labute approximate surface area is 122 Å². The number of halogens is 3. The van der Waals surface area contributed by atoms with Crippen molar-refractivity contribution in [3.8, 4) is 11.4 Å². The molecule has 8 heteroatoms. The summed E-state index contributed by atoms with van der Waals surface area (Å²) in [6, 6.07) is 0. The van der Waals surface area contributed by atoms with Crippen LogP contribution in [0.15, 0.2) is 17.0 Å². The highest BCUT2D eigenvalue weighted by atomic mass is 32.1. The van der Waals surface area contributed by atoms with E-state index in [9.17, 15) is 18.0 Å².